The lowest BCUT2D eigenvalue weighted by molar-refractivity contribution is -0.0574. The summed E-state index contributed by atoms with van der Waals surface area (Å²) in [6, 6.07) is 7.66. The van der Waals surface area contributed by atoms with E-state index in [9.17, 15) is 9.90 Å². The first kappa shape index (κ1) is 25.4. The van der Waals surface area contributed by atoms with Gasteiger partial charge < -0.3 is 19.6 Å². The van der Waals surface area contributed by atoms with Crippen LogP contribution in [0.4, 0.5) is 0 Å². The molecule has 180 valence electrons. The van der Waals surface area contributed by atoms with Crippen molar-refractivity contribution in [2.75, 3.05) is 26.8 Å². The Morgan fingerprint density at radius 3 is 2.67 bits per heavy atom. The van der Waals surface area contributed by atoms with E-state index in [1.165, 1.54) is 11.3 Å². The third-order valence-electron chi connectivity index (χ3n) is 5.05. The minimum atomic E-state index is -0.625. The van der Waals surface area contributed by atoms with Crippen molar-refractivity contribution in [1.82, 2.24) is 14.9 Å². The van der Waals surface area contributed by atoms with Crippen molar-refractivity contribution < 1.29 is 14.6 Å². The molecule has 0 aliphatic rings. The van der Waals surface area contributed by atoms with Gasteiger partial charge in [0, 0.05) is 24.0 Å². The van der Waals surface area contributed by atoms with E-state index in [-0.39, 0.29) is 17.8 Å². The van der Waals surface area contributed by atoms with Crippen molar-refractivity contribution in [2.24, 2.45) is 5.92 Å². The van der Waals surface area contributed by atoms with E-state index in [0.717, 1.165) is 23.4 Å². The number of ether oxygens (including phenoxy) is 2. The van der Waals surface area contributed by atoms with Gasteiger partial charge >= 0.3 is 0 Å². The summed E-state index contributed by atoms with van der Waals surface area (Å²) in [7, 11) is 1.63. The third kappa shape index (κ3) is 7.11. The van der Waals surface area contributed by atoms with E-state index in [4.69, 9.17) is 14.5 Å². The lowest BCUT2D eigenvalue weighted by Gasteiger charge is -2.28. The number of aromatic nitrogens is 2. The van der Waals surface area contributed by atoms with Crippen LogP contribution in [0.5, 0.6) is 5.75 Å². The molecule has 0 aliphatic heterocycles. The highest BCUT2D eigenvalue weighted by atomic mass is 32.1. The molecular weight excluding hydrogens is 438 g/mol. The van der Waals surface area contributed by atoms with Crippen molar-refractivity contribution in [2.45, 2.75) is 52.9 Å². The fraction of sp³-hybridized carbons (Fsp3) is 0.520. The fourth-order valence-electron chi connectivity index (χ4n) is 3.70. The molecule has 3 rings (SSSR count). The van der Waals surface area contributed by atoms with Gasteiger partial charge in [-0.1, -0.05) is 26.0 Å². The van der Waals surface area contributed by atoms with E-state index in [1.54, 1.807) is 7.11 Å². The molecule has 1 unspecified atom stereocenters. The SMILES string of the molecule is COc1cccc(-c2csc3nc(CN(CC(C)C)CC(O)COC(C)(C)C)[nH]c(=O)c23)c1. The van der Waals surface area contributed by atoms with Gasteiger partial charge in [-0.15, -0.1) is 11.3 Å². The number of rotatable bonds is 10. The number of fused-ring (bicyclic) bond motifs is 1. The van der Waals surface area contributed by atoms with Gasteiger partial charge in [-0.2, -0.15) is 0 Å². The van der Waals surface area contributed by atoms with E-state index < -0.39 is 6.10 Å². The van der Waals surface area contributed by atoms with Crippen LogP contribution >= 0.6 is 11.3 Å². The number of nitrogens with one attached hydrogen (secondary N) is 1. The van der Waals surface area contributed by atoms with Crippen LogP contribution in [0.1, 0.15) is 40.4 Å². The lowest BCUT2D eigenvalue weighted by Crippen LogP contribution is -2.39. The Labute approximate surface area is 199 Å². The van der Waals surface area contributed by atoms with Crippen LogP contribution in [0.15, 0.2) is 34.4 Å². The van der Waals surface area contributed by atoms with Gasteiger partial charge in [-0.05, 0) is 44.4 Å². The monoisotopic (exact) mass is 473 g/mol. The predicted molar refractivity (Wildman–Crippen MR) is 134 cm³/mol. The molecule has 1 atom stereocenters. The molecule has 8 heteroatoms. The summed E-state index contributed by atoms with van der Waals surface area (Å²) in [6.45, 7) is 12.1. The summed E-state index contributed by atoms with van der Waals surface area (Å²) in [5.41, 5.74) is 1.31. The molecule has 1 aromatic carbocycles. The van der Waals surface area contributed by atoms with Crippen molar-refractivity contribution in [3.8, 4) is 16.9 Å². The summed E-state index contributed by atoms with van der Waals surface area (Å²) in [5.74, 6) is 1.74. The average molecular weight is 474 g/mol. The normalized spacial score (nSPS) is 13.2. The molecule has 2 aromatic heterocycles. The molecule has 33 heavy (non-hydrogen) atoms. The number of benzene rings is 1. The second kappa shape index (κ2) is 10.8. The molecular formula is C25H35N3O4S. The number of methoxy groups -OCH3 is 1. The number of hydrogen-bond acceptors (Lipinski definition) is 7. The molecule has 2 N–H and O–H groups in total. The topological polar surface area (TPSA) is 87.7 Å². The van der Waals surface area contributed by atoms with Crippen molar-refractivity contribution in [3.63, 3.8) is 0 Å². The maximum Gasteiger partial charge on any atom is 0.260 e. The van der Waals surface area contributed by atoms with Crippen molar-refractivity contribution in [3.05, 3.63) is 45.8 Å². The smallest absolute Gasteiger partial charge is 0.260 e. The predicted octanol–water partition coefficient (Wildman–Crippen LogP) is 4.29. The zero-order valence-corrected chi connectivity index (χ0v) is 21.2. The standard InChI is InChI=1S/C25H35N3O4S/c1-16(2)11-28(12-18(29)14-32-25(3,4)5)13-21-26-23(30)22-20(15-33-24(22)27-21)17-8-7-9-19(10-17)31-6/h7-10,15-16,18,29H,11-14H2,1-6H3,(H,26,27,30). The van der Waals surface area contributed by atoms with Gasteiger partial charge in [-0.25, -0.2) is 4.98 Å². The second-order valence-corrected chi connectivity index (χ2v) is 10.6. The molecule has 7 nitrogen and oxygen atoms in total. The first-order valence-corrected chi connectivity index (χ1v) is 12.1. The van der Waals surface area contributed by atoms with Crippen LogP contribution in [0.3, 0.4) is 0 Å². The van der Waals surface area contributed by atoms with Gasteiger partial charge in [0.05, 0.1) is 37.4 Å². The lowest BCUT2D eigenvalue weighted by atomic mass is 10.1. The molecule has 0 amide bonds. The van der Waals surface area contributed by atoms with E-state index in [0.29, 0.717) is 35.0 Å². The van der Waals surface area contributed by atoms with Crippen LogP contribution in [0.25, 0.3) is 21.3 Å². The fourth-order valence-corrected chi connectivity index (χ4v) is 4.67. The zero-order valence-electron chi connectivity index (χ0n) is 20.3. The Balaban J connectivity index is 1.82. The summed E-state index contributed by atoms with van der Waals surface area (Å²) in [5, 5.41) is 13.1. The van der Waals surface area contributed by atoms with E-state index in [1.807, 2.05) is 50.4 Å². The average Bonchev–Trinajstić information content (AvgIpc) is 3.16. The molecule has 0 saturated carbocycles. The minimum absolute atomic E-state index is 0.157. The first-order chi connectivity index (χ1) is 15.6. The van der Waals surface area contributed by atoms with E-state index >= 15 is 0 Å². The summed E-state index contributed by atoms with van der Waals surface area (Å²) in [6.07, 6.45) is -0.625. The number of hydrogen-bond donors (Lipinski definition) is 2. The zero-order chi connectivity index (χ0) is 24.2. The Morgan fingerprint density at radius 2 is 2.00 bits per heavy atom. The number of thiophene rings is 1. The second-order valence-electron chi connectivity index (χ2n) is 9.74. The molecule has 0 spiro atoms. The highest BCUT2D eigenvalue weighted by Gasteiger charge is 2.19. The van der Waals surface area contributed by atoms with E-state index in [2.05, 4.69) is 23.7 Å². The van der Waals surface area contributed by atoms with Gasteiger partial charge in [0.15, 0.2) is 0 Å². The maximum absolute atomic E-state index is 13.0. The Bertz CT molecular complexity index is 1120. The van der Waals surface area contributed by atoms with Gasteiger partial charge in [-0.3, -0.25) is 9.69 Å². The molecule has 0 bridgehead atoms. The molecule has 2 heterocycles. The Morgan fingerprint density at radius 1 is 1.24 bits per heavy atom. The molecule has 0 radical (unpaired) electrons. The third-order valence-corrected chi connectivity index (χ3v) is 5.92. The highest BCUT2D eigenvalue weighted by Crippen LogP contribution is 2.32. The summed E-state index contributed by atoms with van der Waals surface area (Å²) >= 11 is 1.46. The highest BCUT2D eigenvalue weighted by molar-refractivity contribution is 7.17. The van der Waals surface area contributed by atoms with Crippen LogP contribution in [-0.2, 0) is 11.3 Å². The van der Waals surface area contributed by atoms with Crippen molar-refractivity contribution >= 4 is 21.6 Å². The van der Waals surface area contributed by atoms with Crippen LogP contribution < -0.4 is 10.3 Å². The largest absolute Gasteiger partial charge is 0.497 e. The van der Waals surface area contributed by atoms with Gasteiger partial charge in [0.2, 0.25) is 0 Å². The van der Waals surface area contributed by atoms with Crippen LogP contribution in [0.2, 0.25) is 0 Å². The molecule has 0 fully saturated rings. The Hall–Kier alpha value is -2.26. The number of nitrogens with zero attached hydrogens (tertiary/aromatic N) is 2. The first-order valence-electron chi connectivity index (χ1n) is 11.2. The van der Waals surface area contributed by atoms with Crippen molar-refractivity contribution in [1.29, 1.82) is 0 Å². The molecule has 0 saturated heterocycles. The number of aliphatic hydroxyl groups excluding tert-OH is 1. The van der Waals surface area contributed by atoms with Gasteiger partial charge in [0.1, 0.15) is 16.4 Å². The van der Waals surface area contributed by atoms with Crippen LogP contribution in [0, 0.1) is 5.92 Å². The molecule has 0 aliphatic carbocycles. The number of aliphatic hydroxyl groups is 1. The minimum Gasteiger partial charge on any atom is -0.497 e. The Kier molecular flexibility index (Phi) is 8.28. The number of H-pyrrole nitrogens is 1. The maximum atomic E-state index is 13.0. The summed E-state index contributed by atoms with van der Waals surface area (Å²) in [4.78, 5) is 23.6. The van der Waals surface area contributed by atoms with Crippen LogP contribution in [-0.4, -0.2) is 58.5 Å². The van der Waals surface area contributed by atoms with Gasteiger partial charge in [0.25, 0.3) is 5.56 Å². The summed E-state index contributed by atoms with van der Waals surface area (Å²) < 4.78 is 11.1. The molecule has 3 aromatic rings. The quantitative estimate of drug-likeness (QED) is 0.457. The number of aromatic amines is 1.